The lowest BCUT2D eigenvalue weighted by Crippen LogP contribution is -2.63. The van der Waals surface area contributed by atoms with Crippen molar-refractivity contribution in [3.8, 4) is 0 Å². The number of hydrogen-bond acceptors (Lipinski definition) is 3. The van der Waals surface area contributed by atoms with Gasteiger partial charge < -0.3 is 10.2 Å². The minimum atomic E-state index is -0.802. The van der Waals surface area contributed by atoms with E-state index in [2.05, 4.69) is 21.2 Å². The van der Waals surface area contributed by atoms with Gasteiger partial charge in [-0.05, 0) is 35.8 Å². The molecule has 1 aromatic heterocycles. The van der Waals surface area contributed by atoms with E-state index < -0.39 is 5.54 Å². The lowest BCUT2D eigenvalue weighted by atomic mass is 10.0. The predicted molar refractivity (Wildman–Crippen MR) is 69.7 cm³/mol. The van der Waals surface area contributed by atoms with Crippen LogP contribution in [0.15, 0.2) is 15.9 Å². The molecule has 0 unspecified atom stereocenters. The Labute approximate surface area is 112 Å². The lowest BCUT2D eigenvalue weighted by molar-refractivity contribution is -0.148. The molecule has 1 aliphatic heterocycles. The molecule has 4 nitrogen and oxygen atoms in total. The number of nitrogens with zero attached hydrogens (tertiary/aromatic N) is 1. The average molecular weight is 317 g/mol. The molecule has 0 aliphatic carbocycles. The highest BCUT2D eigenvalue weighted by molar-refractivity contribution is 9.10. The first kappa shape index (κ1) is 12.6. The molecule has 1 aliphatic rings. The second-order valence-electron chi connectivity index (χ2n) is 4.57. The van der Waals surface area contributed by atoms with Crippen LogP contribution in [0.3, 0.4) is 0 Å². The van der Waals surface area contributed by atoms with E-state index >= 15 is 0 Å². The van der Waals surface area contributed by atoms with Crippen molar-refractivity contribution in [2.24, 2.45) is 0 Å². The topological polar surface area (TPSA) is 49.4 Å². The molecule has 2 rings (SSSR count). The van der Waals surface area contributed by atoms with Crippen LogP contribution in [0, 0.1) is 0 Å². The standard InChI is InChI=1S/C11H13BrN2O2S/c1-11(2)10(16)14(5-9(15)13-11)4-8-3-7(12)6-17-8/h3,6H,4-5H2,1-2H3,(H,13,15). The second kappa shape index (κ2) is 4.42. The highest BCUT2D eigenvalue weighted by Crippen LogP contribution is 2.23. The number of nitrogens with one attached hydrogen (secondary N) is 1. The van der Waals surface area contributed by atoms with Crippen molar-refractivity contribution in [1.29, 1.82) is 0 Å². The Morgan fingerprint density at radius 1 is 1.53 bits per heavy atom. The van der Waals surface area contributed by atoms with Gasteiger partial charge in [-0.1, -0.05) is 0 Å². The van der Waals surface area contributed by atoms with E-state index in [1.54, 1.807) is 30.1 Å². The van der Waals surface area contributed by atoms with Crippen LogP contribution in [0.1, 0.15) is 18.7 Å². The zero-order valence-electron chi connectivity index (χ0n) is 9.62. The van der Waals surface area contributed by atoms with E-state index in [9.17, 15) is 9.59 Å². The summed E-state index contributed by atoms with van der Waals surface area (Å²) >= 11 is 4.95. The van der Waals surface area contributed by atoms with Crippen LogP contribution in [0.2, 0.25) is 0 Å². The van der Waals surface area contributed by atoms with Crippen molar-refractivity contribution < 1.29 is 9.59 Å². The van der Waals surface area contributed by atoms with Crippen LogP contribution in [0.4, 0.5) is 0 Å². The molecule has 0 bridgehead atoms. The summed E-state index contributed by atoms with van der Waals surface area (Å²) in [7, 11) is 0. The van der Waals surface area contributed by atoms with E-state index in [4.69, 9.17) is 0 Å². The molecule has 0 radical (unpaired) electrons. The Morgan fingerprint density at radius 2 is 2.24 bits per heavy atom. The normalized spacial score (nSPS) is 19.4. The number of rotatable bonds is 2. The Balaban J connectivity index is 2.15. The van der Waals surface area contributed by atoms with E-state index in [0.29, 0.717) is 6.54 Å². The Hall–Kier alpha value is -0.880. The van der Waals surface area contributed by atoms with Gasteiger partial charge in [0, 0.05) is 14.7 Å². The molecule has 0 saturated carbocycles. The van der Waals surface area contributed by atoms with E-state index in [-0.39, 0.29) is 18.4 Å². The Bertz CT molecular complexity index is 470. The van der Waals surface area contributed by atoms with Crippen LogP contribution in [-0.2, 0) is 16.1 Å². The molecule has 2 heterocycles. The smallest absolute Gasteiger partial charge is 0.248 e. The molecule has 0 spiro atoms. The molecule has 1 aromatic rings. The van der Waals surface area contributed by atoms with E-state index in [1.165, 1.54) is 0 Å². The first-order chi connectivity index (χ1) is 7.88. The fraction of sp³-hybridized carbons (Fsp3) is 0.455. The molecule has 92 valence electrons. The van der Waals surface area contributed by atoms with Crippen molar-refractivity contribution in [1.82, 2.24) is 10.2 Å². The molecule has 0 aromatic carbocycles. The van der Waals surface area contributed by atoms with Gasteiger partial charge in [0.15, 0.2) is 0 Å². The van der Waals surface area contributed by atoms with Gasteiger partial charge in [-0.15, -0.1) is 11.3 Å². The largest absolute Gasteiger partial charge is 0.341 e. The molecule has 1 N–H and O–H groups in total. The Kier molecular flexibility index (Phi) is 3.27. The summed E-state index contributed by atoms with van der Waals surface area (Å²) in [6.45, 7) is 4.08. The molecule has 2 amide bonds. The number of thiophene rings is 1. The van der Waals surface area contributed by atoms with Crippen LogP contribution in [0.25, 0.3) is 0 Å². The quantitative estimate of drug-likeness (QED) is 0.903. The number of halogens is 1. The molecular weight excluding hydrogens is 304 g/mol. The first-order valence-corrected chi connectivity index (χ1v) is 6.89. The summed E-state index contributed by atoms with van der Waals surface area (Å²) in [6.07, 6.45) is 0. The first-order valence-electron chi connectivity index (χ1n) is 5.22. The van der Waals surface area contributed by atoms with Gasteiger partial charge >= 0.3 is 0 Å². The van der Waals surface area contributed by atoms with Gasteiger partial charge in [-0.25, -0.2) is 0 Å². The maximum absolute atomic E-state index is 12.1. The zero-order valence-corrected chi connectivity index (χ0v) is 12.0. The number of hydrogen-bond donors (Lipinski definition) is 1. The molecular formula is C11H13BrN2O2S. The minimum absolute atomic E-state index is 0.0402. The monoisotopic (exact) mass is 316 g/mol. The summed E-state index contributed by atoms with van der Waals surface area (Å²) in [5, 5.41) is 4.66. The average Bonchev–Trinajstić information content (AvgIpc) is 2.59. The third kappa shape index (κ3) is 2.69. The summed E-state index contributed by atoms with van der Waals surface area (Å²) in [4.78, 5) is 26.3. The Morgan fingerprint density at radius 3 is 2.82 bits per heavy atom. The highest BCUT2D eigenvalue weighted by Gasteiger charge is 2.38. The maximum Gasteiger partial charge on any atom is 0.248 e. The van der Waals surface area contributed by atoms with Crippen LogP contribution >= 0.6 is 27.3 Å². The van der Waals surface area contributed by atoms with Gasteiger partial charge in [0.2, 0.25) is 11.8 Å². The van der Waals surface area contributed by atoms with Crippen molar-refractivity contribution in [2.75, 3.05) is 6.54 Å². The summed E-state index contributed by atoms with van der Waals surface area (Å²) in [6, 6.07) is 1.97. The van der Waals surface area contributed by atoms with E-state index in [1.807, 2.05) is 11.4 Å². The second-order valence-corrected chi connectivity index (χ2v) is 6.48. The summed E-state index contributed by atoms with van der Waals surface area (Å²) < 4.78 is 1.01. The third-order valence-corrected chi connectivity index (χ3v) is 4.26. The molecule has 0 atom stereocenters. The highest BCUT2D eigenvalue weighted by atomic mass is 79.9. The fourth-order valence-corrected chi connectivity index (χ4v) is 3.30. The number of carbonyl (C=O) groups excluding carboxylic acids is 2. The maximum atomic E-state index is 12.1. The van der Waals surface area contributed by atoms with Crippen molar-refractivity contribution in [3.63, 3.8) is 0 Å². The van der Waals surface area contributed by atoms with Gasteiger partial charge in [0.05, 0.1) is 6.54 Å². The van der Waals surface area contributed by atoms with Gasteiger partial charge in [-0.2, -0.15) is 0 Å². The summed E-state index contributed by atoms with van der Waals surface area (Å²) in [5.74, 6) is -0.146. The molecule has 1 saturated heterocycles. The van der Waals surface area contributed by atoms with Crippen molar-refractivity contribution >= 4 is 39.1 Å². The molecule has 17 heavy (non-hydrogen) atoms. The van der Waals surface area contributed by atoms with E-state index in [0.717, 1.165) is 9.35 Å². The number of amides is 2. The van der Waals surface area contributed by atoms with Crippen molar-refractivity contribution in [3.05, 3.63) is 20.8 Å². The third-order valence-electron chi connectivity index (χ3n) is 2.58. The van der Waals surface area contributed by atoms with Crippen molar-refractivity contribution in [2.45, 2.75) is 25.9 Å². The SMILES string of the molecule is CC1(C)NC(=O)CN(Cc2cc(Br)cs2)C1=O. The van der Waals surface area contributed by atoms with Crippen LogP contribution < -0.4 is 5.32 Å². The minimum Gasteiger partial charge on any atom is -0.341 e. The van der Waals surface area contributed by atoms with Gasteiger partial charge in [-0.3, -0.25) is 9.59 Å². The van der Waals surface area contributed by atoms with Crippen LogP contribution in [-0.4, -0.2) is 28.8 Å². The summed E-state index contributed by atoms with van der Waals surface area (Å²) in [5.41, 5.74) is -0.802. The lowest BCUT2D eigenvalue weighted by Gasteiger charge is -2.37. The molecule has 6 heteroatoms. The number of carbonyl (C=O) groups is 2. The zero-order chi connectivity index (χ0) is 12.6. The fourth-order valence-electron chi connectivity index (χ4n) is 1.83. The van der Waals surface area contributed by atoms with Gasteiger partial charge in [0.25, 0.3) is 0 Å². The van der Waals surface area contributed by atoms with Crippen LogP contribution in [0.5, 0.6) is 0 Å². The van der Waals surface area contributed by atoms with Gasteiger partial charge in [0.1, 0.15) is 12.1 Å². The number of piperazine rings is 1. The predicted octanol–water partition coefficient (Wildman–Crippen LogP) is 1.75. The molecule has 1 fully saturated rings.